The zero-order chi connectivity index (χ0) is 14.7. The van der Waals surface area contributed by atoms with Gasteiger partial charge in [-0.2, -0.15) is 5.26 Å². The number of hydrogen-bond acceptors (Lipinski definition) is 4. The average molecular weight is 268 g/mol. The molecule has 0 unspecified atom stereocenters. The van der Waals surface area contributed by atoms with E-state index in [1.165, 1.54) is 0 Å². The van der Waals surface area contributed by atoms with Crippen LogP contribution < -0.4 is 10.9 Å². The van der Waals surface area contributed by atoms with E-state index in [1.54, 1.807) is 38.1 Å². The number of aromatic amines is 1. The molecule has 1 aromatic carbocycles. The molecule has 0 spiro atoms. The van der Waals surface area contributed by atoms with E-state index in [0.717, 1.165) is 0 Å². The van der Waals surface area contributed by atoms with Gasteiger partial charge in [-0.1, -0.05) is 0 Å². The van der Waals surface area contributed by atoms with Crippen molar-refractivity contribution >= 4 is 11.6 Å². The van der Waals surface area contributed by atoms with Gasteiger partial charge in [-0.25, -0.2) is 4.98 Å². The molecular formula is C14H12N4O2. The van der Waals surface area contributed by atoms with Gasteiger partial charge in [0.05, 0.1) is 17.3 Å². The van der Waals surface area contributed by atoms with E-state index in [2.05, 4.69) is 15.3 Å². The number of benzene rings is 1. The zero-order valence-electron chi connectivity index (χ0n) is 11.0. The number of aryl methyl sites for hydroxylation is 2. The molecule has 0 bridgehead atoms. The number of nitrogens with one attached hydrogen (secondary N) is 2. The number of anilines is 1. The lowest BCUT2D eigenvalue weighted by atomic mass is 10.2. The quantitative estimate of drug-likeness (QED) is 0.862. The van der Waals surface area contributed by atoms with E-state index < -0.39 is 11.5 Å². The third-order valence-electron chi connectivity index (χ3n) is 2.72. The Labute approximate surface area is 115 Å². The van der Waals surface area contributed by atoms with Crippen LogP contribution in [-0.2, 0) is 0 Å². The molecule has 2 N–H and O–H groups in total. The van der Waals surface area contributed by atoms with Crippen LogP contribution in [0.5, 0.6) is 0 Å². The summed E-state index contributed by atoms with van der Waals surface area (Å²) >= 11 is 0. The fraction of sp³-hybridized carbons (Fsp3) is 0.143. The van der Waals surface area contributed by atoms with E-state index in [9.17, 15) is 9.59 Å². The highest BCUT2D eigenvalue weighted by atomic mass is 16.2. The van der Waals surface area contributed by atoms with Gasteiger partial charge in [0.15, 0.2) is 0 Å². The Kier molecular flexibility index (Phi) is 3.62. The zero-order valence-corrected chi connectivity index (χ0v) is 11.0. The number of amides is 1. The molecule has 6 heteroatoms. The van der Waals surface area contributed by atoms with Crippen molar-refractivity contribution < 1.29 is 4.79 Å². The smallest absolute Gasteiger partial charge is 0.264 e. The van der Waals surface area contributed by atoms with Gasteiger partial charge in [0.2, 0.25) is 0 Å². The van der Waals surface area contributed by atoms with Gasteiger partial charge in [0, 0.05) is 5.69 Å². The van der Waals surface area contributed by atoms with Crippen LogP contribution in [0.15, 0.2) is 29.1 Å². The number of hydrogen-bond donors (Lipinski definition) is 2. The van der Waals surface area contributed by atoms with Crippen LogP contribution in [0.2, 0.25) is 0 Å². The maximum absolute atomic E-state index is 12.1. The minimum absolute atomic E-state index is 0.0139. The number of aromatic nitrogens is 2. The van der Waals surface area contributed by atoms with Crippen molar-refractivity contribution in [1.29, 1.82) is 5.26 Å². The molecular weight excluding hydrogens is 256 g/mol. The van der Waals surface area contributed by atoms with Gasteiger partial charge < -0.3 is 10.3 Å². The summed E-state index contributed by atoms with van der Waals surface area (Å²) in [4.78, 5) is 30.4. The van der Waals surface area contributed by atoms with Crippen molar-refractivity contribution in [2.24, 2.45) is 0 Å². The summed E-state index contributed by atoms with van der Waals surface area (Å²) in [5.74, 6) is -0.0663. The monoisotopic (exact) mass is 268 g/mol. The molecule has 1 aromatic heterocycles. The molecule has 2 rings (SSSR count). The van der Waals surface area contributed by atoms with E-state index >= 15 is 0 Å². The average Bonchev–Trinajstić information content (AvgIpc) is 2.38. The molecule has 100 valence electrons. The molecule has 20 heavy (non-hydrogen) atoms. The summed E-state index contributed by atoms with van der Waals surface area (Å²) in [5.41, 5.74) is 0.890. The maximum atomic E-state index is 12.1. The van der Waals surface area contributed by atoms with Gasteiger partial charge in [0.1, 0.15) is 11.4 Å². The summed E-state index contributed by atoms with van der Waals surface area (Å²) in [6.07, 6.45) is 0. The van der Waals surface area contributed by atoms with Gasteiger partial charge in [-0.3, -0.25) is 9.59 Å². The molecule has 0 aliphatic heterocycles. The second kappa shape index (κ2) is 5.36. The number of nitrogens with zero attached hydrogens (tertiary/aromatic N) is 2. The van der Waals surface area contributed by atoms with Gasteiger partial charge in [-0.05, 0) is 38.1 Å². The van der Waals surface area contributed by atoms with Gasteiger partial charge in [0.25, 0.3) is 11.5 Å². The maximum Gasteiger partial charge on any atom is 0.264 e. The predicted octanol–water partition coefficient (Wildman–Crippen LogP) is 1.51. The molecule has 0 fully saturated rings. The number of rotatable bonds is 2. The highest BCUT2D eigenvalue weighted by Crippen LogP contribution is 2.10. The topological polar surface area (TPSA) is 98.6 Å². The molecule has 1 amide bonds. The molecule has 0 aliphatic rings. The molecule has 0 radical (unpaired) electrons. The normalized spacial score (nSPS) is 9.85. The van der Waals surface area contributed by atoms with E-state index in [4.69, 9.17) is 5.26 Å². The molecule has 0 atom stereocenters. The van der Waals surface area contributed by atoms with Crippen molar-refractivity contribution in [3.8, 4) is 6.07 Å². The largest absolute Gasteiger partial charge is 0.322 e. The van der Waals surface area contributed by atoms with Gasteiger partial charge >= 0.3 is 0 Å². The van der Waals surface area contributed by atoms with Crippen LogP contribution in [0.3, 0.4) is 0 Å². The first kappa shape index (κ1) is 13.5. The van der Waals surface area contributed by atoms with Crippen LogP contribution in [0, 0.1) is 25.2 Å². The van der Waals surface area contributed by atoms with Gasteiger partial charge in [-0.15, -0.1) is 0 Å². The molecule has 0 saturated carbocycles. The number of carbonyl (C=O) groups excluding carboxylic acids is 1. The molecule has 1 heterocycles. The first-order chi connectivity index (χ1) is 9.51. The van der Waals surface area contributed by atoms with Crippen molar-refractivity contribution in [3.63, 3.8) is 0 Å². The Balaban J connectivity index is 2.29. The summed E-state index contributed by atoms with van der Waals surface area (Å²) < 4.78 is 0. The third kappa shape index (κ3) is 2.72. The SMILES string of the molecule is Cc1nc(C)c(C(=O)Nc2ccc(C#N)cc2)c(=O)[nH]1. The fourth-order valence-corrected chi connectivity index (χ4v) is 1.82. The van der Waals surface area contributed by atoms with Crippen LogP contribution in [0.25, 0.3) is 0 Å². The first-order valence-corrected chi connectivity index (χ1v) is 5.90. The highest BCUT2D eigenvalue weighted by Gasteiger charge is 2.15. The molecule has 0 aliphatic carbocycles. The number of carbonyl (C=O) groups is 1. The highest BCUT2D eigenvalue weighted by molar-refractivity contribution is 6.04. The Morgan fingerprint density at radius 1 is 1.30 bits per heavy atom. The van der Waals surface area contributed by atoms with Crippen LogP contribution in [-0.4, -0.2) is 15.9 Å². The van der Waals surface area contributed by atoms with Crippen molar-refractivity contribution in [2.45, 2.75) is 13.8 Å². The predicted molar refractivity (Wildman–Crippen MR) is 73.4 cm³/mol. The second-order valence-corrected chi connectivity index (χ2v) is 4.26. The lowest BCUT2D eigenvalue weighted by molar-refractivity contribution is 0.102. The van der Waals surface area contributed by atoms with E-state index in [1.807, 2.05) is 6.07 Å². The van der Waals surface area contributed by atoms with Crippen molar-refractivity contribution in [1.82, 2.24) is 9.97 Å². The lowest BCUT2D eigenvalue weighted by Gasteiger charge is -2.07. The van der Waals surface area contributed by atoms with E-state index in [-0.39, 0.29) is 5.56 Å². The Morgan fingerprint density at radius 3 is 2.50 bits per heavy atom. The summed E-state index contributed by atoms with van der Waals surface area (Å²) in [7, 11) is 0. The Morgan fingerprint density at radius 2 is 1.95 bits per heavy atom. The van der Waals surface area contributed by atoms with E-state index in [0.29, 0.717) is 22.8 Å². The summed E-state index contributed by atoms with van der Waals surface area (Å²) in [6, 6.07) is 8.35. The minimum Gasteiger partial charge on any atom is -0.322 e. The molecule has 2 aromatic rings. The lowest BCUT2D eigenvalue weighted by Crippen LogP contribution is -2.26. The van der Waals surface area contributed by atoms with Crippen LogP contribution in [0.4, 0.5) is 5.69 Å². The molecule has 0 saturated heterocycles. The van der Waals surface area contributed by atoms with Crippen molar-refractivity contribution in [2.75, 3.05) is 5.32 Å². The summed E-state index contributed by atoms with van der Waals surface area (Å²) in [6.45, 7) is 3.26. The minimum atomic E-state index is -0.527. The molecule has 6 nitrogen and oxygen atoms in total. The van der Waals surface area contributed by atoms with Crippen LogP contribution >= 0.6 is 0 Å². The van der Waals surface area contributed by atoms with Crippen LogP contribution in [0.1, 0.15) is 27.4 Å². The Hall–Kier alpha value is -2.94. The van der Waals surface area contributed by atoms with Crippen molar-refractivity contribution in [3.05, 3.63) is 57.3 Å². The third-order valence-corrected chi connectivity index (χ3v) is 2.72. The standard InChI is InChI=1S/C14H12N4O2/c1-8-12(13(19)17-9(2)16-8)14(20)18-11-5-3-10(7-15)4-6-11/h3-6H,1-2H3,(H,18,20)(H,16,17,19). The summed E-state index contributed by atoms with van der Waals surface area (Å²) in [5, 5.41) is 11.3. The Bertz CT molecular complexity index is 754. The fourth-order valence-electron chi connectivity index (χ4n) is 1.82. The first-order valence-electron chi connectivity index (χ1n) is 5.90. The number of H-pyrrole nitrogens is 1. The number of nitriles is 1. The second-order valence-electron chi connectivity index (χ2n) is 4.26.